The summed E-state index contributed by atoms with van der Waals surface area (Å²) < 4.78 is 0. The minimum Gasteiger partial charge on any atom is -0.334 e. The molecule has 0 aromatic heterocycles. The van der Waals surface area contributed by atoms with Crippen LogP contribution in [0, 0.1) is 17.8 Å². The fraction of sp³-hybridized carbons (Fsp3) is 0.471. The molecule has 0 bridgehead atoms. The summed E-state index contributed by atoms with van der Waals surface area (Å²) in [5, 5.41) is 2.98. The molecule has 4 nitrogen and oxygen atoms in total. The van der Waals surface area contributed by atoms with Crippen LogP contribution in [0.25, 0.3) is 0 Å². The Balaban J connectivity index is 1.81. The van der Waals surface area contributed by atoms with Crippen molar-refractivity contribution in [2.75, 3.05) is 19.6 Å². The van der Waals surface area contributed by atoms with Crippen LogP contribution in [-0.4, -0.2) is 30.6 Å². The molecule has 0 atom stereocenters. The third kappa shape index (κ3) is 4.80. The fourth-order valence-electron chi connectivity index (χ4n) is 2.36. The molecule has 1 aliphatic heterocycles. The first-order chi connectivity index (χ1) is 10.2. The molecule has 0 radical (unpaired) electrons. The maximum Gasteiger partial charge on any atom is 0.317 e. The fourth-order valence-corrected chi connectivity index (χ4v) is 2.36. The van der Waals surface area contributed by atoms with Gasteiger partial charge in [0.25, 0.3) is 0 Å². The Morgan fingerprint density at radius 1 is 1.33 bits per heavy atom. The van der Waals surface area contributed by atoms with Gasteiger partial charge in [-0.3, -0.25) is 0 Å². The third-order valence-electron chi connectivity index (χ3n) is 3.80. The van der Waals surface area contributed by atoms with E-state index in [0.717, 1.165) is 43.0 Å². The van der Waals surface area contributed by atoms with Gasteiger partial charge in [0.15, 0.2) is 0 Å². The molecule has 4 heteroatoms. The monoisotopic (exact) mass is 285 g/mol. The number of nitrogens with two attached hydrogens (primary N) is 1. The Labute approximate surface area is 126 Å². The summed E-state index contributed by atoms with van der Waals surface area (Å²) in [5.74, 6) is 6.54. The number of piperidine rings is 1. The molecule has 1 aliphatic rings. The molecular weight excluding hydrogens is 262 g/mol. The highest BCUT2D eigenvalue weighted by Crippen LogP contribution is 2.15. The summed E-state index contributed by atoms with van der Waals surface area (Å²) in [6.45, 7) is 4.88. The van der Waals surface area contributed by atoms with Crippen LogP contribution in [0.5, 0.6) is 0 Å². The number of benzene rings is 1. The molecule has 1 aromatic carbocycles. The lowest BCUT2D eigenvalue weighted by molar-refractivity contribution is 0.173. The molecule has 1 fully saturated rings. The van der Waals surface area contributed by atoms with E-state index < -0.39 is 0 Å². The van der Waals surface area contributed by atoms with Gasteiger partial charge in [-0.1, -0.05) is 30.9 Å². The van der Waals surface area contributed by atoms with Gasteiger partial charge >= 0.3 is 6.03 Å². The molecule has 1 saturated heterocycles. The van der Waals surface area contributed by atoms with Gasteiger partial charge in [0.1, 0.15) is 0 Å². The molecule has 3 N–H and O–H groups in total. The van der Waals surface area contributed by atoms with Gasteiger partial charge in [-0.05, 0) is 36.5 Å². The summed E-state index contributed by atoms with van der Waals surface area (Å²) >= 11 is 0. The summed E-state index contributed by atoms with van der Waals surface area (Å²) in [7, 11) is 0. The van der Waals surface area contributed by atoms with Crippen LogP contribution >= 0.6 is 0 Å². The van der Waals surface area contributed by atoms with E-state index in [9.17, 15) is 4.79 Å². The Morgan fingerprint density at radius 2 is 2.00 bits per heavy atom. The second-order valence-corrected chi connectivity index (χ2v) is 5.53. The summed E-state index contributed by atoms with van der Waals surface area (Å²) in [6, 6.07) is 7.91. The second-order valence-electron chi connectivity index (χ2n) is 5.53. The second kappa shape index (κ2) is 7.70. The molecule has 0 saturated carbocycles. The lowest BCUT2D eigenvalue weighted by Crippen LogP contribution is -2.43. The van der Waals surface area contributed by atoms with Crippen LogP contribution in [0.1, 0.15) is 30.9 Å². The molecule has 0 spiro atoms. The van der Waals surface area contributed by atoms with Gasteiger partial charge < -0.3 is 16.0 Å². The number of rotatable bonds is 2. The maximum atomic E-state index is 12.1. The number of hydrogen-bond acceptors (Lipinski definition) is 2. The highest BCUT2D eigenvalue weighted by molar-refractivity contribution is 5.74. The van der Waals surface area contributed by atoms with E-state index in [4.69, 9.17) is 5.73 Å². The zero-order valence-electron chi connectivity index (χ0n) is 12.6. The van der Waals surface area contributed by atoms with E-state index in [-0.39, 0.29) is 6.03 Å². The van der Waals surface area contributed by atoms with Crippen molar-refractivity contribution in [1.82, 2.24) is 10.2 Å². The van der Waals surface area contributed by atoms with E-state index in [2.05, 4.69) is 24.1 Å². The van der Waals surface area contributed by atoms with Crippen LogP contribution < -0.4 is 11.1 Å². The smallest absolute Gasteiger partial charge is 0.317 e. The summed E-state index contributed by atoms with van der Waals surface area (Å²) in [5.41, 5.74) is 7.36. The van der Waals surface area contributed by atoms with Crippen molar-refractivity contribution in [2.45, 2.75) is 26.3 Å². The van der Waals surface area contributed by atoms with Crippen molar-refractivity contribution in [2.24, 2.45) is 11.7 Å². The Hall–Kier alpha value is -1.99. The number of carbonyl (C=O) groups is 1. The molecule has 2 rings (SSSR count). The largest absolute Gasteiger partial charge is 0.334 e. The first-order valence-corrected chi connectivity index (χ1v) is 7.49. The van der Waals surface area contributed by atoms with Crippen LogP contribution in [0.3, 0.4) is 0 Å². The molecule has 0 unspecified atom stereocenters. The van der Waals surface area contributed by atoms with Gasteiger partial charge in [-0.15, -0.1) is 0 Å². The van der Waals surface area contributed by atoms with Crippen molar-refractivity contribution < 1.29 is 4.79 Å². The van der Waals surface area contributed by atoms with Crippen molar-refractivity contribution >= 4 is 6.03 Å². The van der Waals surface area contributed by atoms with Crippen molar-refractivity contribution in [3.8, 4) is 11.8 Å². The average Bonchev–Trinajstić information content (AvgIpc) is 2.52. The molecule has 1 heterocycles. The standard InChI is InChI=1S/C17H23N3O/c1-14-8-11-20(12-9-14)17(21)19-13-16-6-4-15(5-7-16)3-2-10-18/h4-7,14H,8-13,18H2,1H3,(H,19,21). The van der Waals surface area contributed by atoms with Gasteiger partial charge in [-0.2, -0.15) is 0 Å². The van der Waals surface area contributed by atoms with E-state index >= 15 is 0 Å². The number of nitrogens with one attached hydrogen (secondary N) is 1. The number of likely N-dealkylation sites (tertiary alicyclic amines) is 1. The third-order valence-corrected chi connectivity index (χ3v) is 3.80. The van der Waals surface area contributed by atoms with Gasteiger partial charge in [0.2, 0.25) is 0 Å². The van der Waals surface area contributed by atoms with E-state index in [0.29, 0.717) is 13.1 Å². The molecule has 0 aliphatic carbocycles. The van der Waals surface area contributed by atoms with Gasteiger partial charge in [0.05, 0.1) is 6.54 Å². The number of urea groups is 1. The van der Waals surface area contributed by atoms with Crippen LogP contribution in [0.4, 0.5) is 4.79 Å². The number of nitrogens with zero attached hydrogens (tertiary/aromatic N) is 1. The van der Waals surface area contributed by atoms with E-state index in [1.165, 1.54) is 0 Å². The Kier molecular flexibility index (Phi) is 5.65. The topological polar surface area (TPSA) is 58.4 Å². The first-order valence-electron chi connectivity index (χ1n) is 7.49. The maximum absolute atomic E-state index is 12.1. The SMILES string of the molecule is CC1CCN(C(=O)NCc2ccc(C#CCN)cc2)CC1. The predicted octanol–water partition coefficient (Wildman–Crippen LogP) is 1.94. The predicted molar refractivity (Wildman–Crippen MR) is 84.6 cm³/mol. The van der Waals surface area contributed by atoms with Crippen LogP contribution in [0.2, 0.25) is 0 Å². The summed E-state index contributed by atoms with van der Waals surface area (Å²) in [4.78, 5) is 14.0. The Bertz CT molecular complexity index is 519. The van der Waals surface area contributed by atoms with Crippen LogP contribution in [0.15, 0.2) is 24.3 Å². The minimum absolute atomic E-state index is 0.0360. The quantitative estimate of drug-likeness (QED) is 0.816. The summed E-state index contributed by atoms with van der Waals surface area (Å²) in [6.07, 6.45) is 2.20. The minimum atomic E-state index is 0.0360. The van der Waals surface area contributed by atoms with Gasteiger partial charge in [-0.25, -0.2) is 4.79 Å². The van der Waals surface area contributed by atoms with E-state index in [1.807, 2.05) is 29.2 Å². The number of carbonyl (C=O) groups excluding carboxylic acids is 1. The highest BCUT2D eigenvalue weighted by Gasteiger charge is 2.19. The molecule has 112 valence electrons. The average molecular weight is 285 g/mol. The van der Waals surface area contributed by atoms with Crippen molar-refractivity contribution in [3.05, 3.63) is 35.4 Å². The molecule has 1 aromatic rings. The van der Waals surface area contributed by atoms with Crippen molar-refractivity contribution in [3.63, 3.8) is 0 Å². The van der Waals surface area contributed by atoms with Crippen molar-refractivity contribution in [1.29, 1.82) is 0 Å². The number of hydrogen-bond donors (Lipinski definition) is 2. The first kappa shape index (κ1) is 15.4. The number of amides is 2. The lowest BCUT2D eigenvalue weighted by atomic mass is 10.00. The lowest BCUT2D eigenvalue weighted by Gasteiger charge is -2.30. The van der Waals surface area contributed by atoms with Crippen LogP contribution in [-0.2, 0) is 6.54 Å². The van der Waals surface area contributed by atoms with Gasteiger partial charge in [0, 0.05) is 25.2 Å². The molecular formula is C17H23N3O. The zero-order valence-corrected chi connectivity index (χ0v) is 12.6. The molecule has 21 heavy (non-hydrogen) atoms. The Morgan fingerprint density at radius 3 is 2.62 bits per heavy atom. The van der Waals surface area contributed by atoms with E-state index in [1.54, 1.807) is 0 Å². The normalized spacial score (nSPS) is 15.2. The zero-order chi connectivity index (χ0) is 15.1. The molecule has 2 amide bonds. The highest BCUT2D eigenvalue weighted by atomic mass is 16.2.